The molecule has 4 heterocycles. The Morgan fingerprint density at radius 3 is 1.82 bits per heavy atom. The van der Waals surface area contributed by atoms with E-state index < -0.39 is 213 Å². The molecule has 4 bridgehead atoms. The van der Waals surface area contributed by atoms with Crippen LogP contribution in [0.3, 0.4) is 0 Å². The molecule has 11 unspecified atom stereocenters. The van der Waals surface area contributed by atoms with Crippen LogP contribution in [0.25, 0.3) is 11.1 Å². The van der Waals surface area contributed by atoms with Gasteiger partial charge in [0.05, 0.1) is 12.2 Å². The minimum atomic E-state index is -2.58. The number of carbonyl (C=O) groups is 1. The van der Waals surface area contributed by atoms with E-state index in [1.807, 2.05) is 0 Å². The molecule has 27 heteroatoms. The molecule has 4 aromatic carbocycles. The summed E-state index contributed by atoms with van der Waals surface area (Å²) in [7, 11) is 0. The van der Waals surface area contributed by atoms with Crippen molar-refractivity contribution in [1.82, 2.24) is 0 Å². The number of aromatic hydroxyl groups is 11. The van der Waals surface area contributed by atoms with Crippen LogP contribution in [0.5, 0.6) is 69.0 Å². The summed E-state index contributed by atoms with van der Waals surface area (Å²) in [6, 6.07) is 3.13. The van der Waals surface area contributed by atoms with E-state index in [2.05, 4.69) is 0 Å². The summed E-state index contributed by atoms with van der Waals surface area (Å²) in [5.41, 5.74) is -5.52. The van der Waals surface area contributed by atoms with Gasteiger partial charge >= 0.3 is 5.97 Å². The van der Waals surface area contributed by atoms with Crippen molar-refractivity contribution in [3.63, 3.8) is 0 Å². The molecular weight excluding hydrogens is 924 g/mol. The number of aliphatic hydroxyl groups excluding tert-OH is 7. The number of phenols is 11. The number of ether oxygens (including phenoxy) is 7. The zero-order valence-electron chi connectivity index (χ0n) is 34.1. The van der Waals surface area contributed by atoms with Gasteiger partial charge in [-0.05, 0) is 30.3 Å². The summed E-state index contributed by atoms with van der Waals surface area (Å²) in [5.74, 6) is -19.3. The van der Waals surface area contributed by atoms with Gasteiger partial charge < -0.3 is 130 Å². The molecule has 0 aromatic heterocycles. The second kappa shape index (κ2) is 17.8. The molecule has 4 aliphatic heterocycles. The SMILES string of the molecule is O=C1O[C@H]2C3OC(O)C(CC(O)O)C4c5c(cc(O)c(O)c5OC(O)C4O)C(O)OC2[C@@H](OC(O)c2cc(O)c(O)c(O)c2)OC3COC(O)c2cc(O)c(O)c(O)c2-c2c1cc(O)c(O)c2O. The number of benzene rings is 4. The van der Waals surface area contributed by atoms with Crippen molar-refractivity contribution in [2.24, 2.45) is 5.92 Å². The van der Waals surface area contributed by atoms with Crippen LogP contribution in [0.1, 0.15) is 63.8 Å². The van der Waals surface area contributed by atoms with Gasteiger partial charge in [0.1, 0.15) is 18.3 Å². The third-order valence-electron chi connectivity index (χ3n) is 11.9. The molecule has 13 atom stereocenters. The van der Waals surface area contributed by atoms with E-state index in [0.717, 1.165) is 0 Å². The van der Waals surface area contributed by atoms with Crippen LogP contribution in [0.4, 0.5) is 0 Å². The maximum Gasteiger partial charge on any atom is 0.339 e. The highest BCUT2D eigenvalue weighted by molar-refractivity contribution is 6.03. The lowest BCUT2D eigenvalue weighted by Crippen LogP contribution is -2.63. The molecule has 4 aliphatic rings. The minimum absolute atomic E-state index is 0.458. The molecule has 8 rings (SSSR count). The van der Waals surface area contributed by atoms with Gasteiger partial charge in [-0.1, -0.05) is 0 Å². The van der Waals surface area contributed by atoms with Crippen molar-refractivity contribution in [3.8, 4) is 80.1 Å². The molecule has 19 N–H and O–H groups in total. The highest BCUT2D eigenvalue weighted by Gasteiger charge is 2.56. The highest BCUT2D eigenvalue weighted by Crippen LogP contribution is 2.56. The average molecular weight is 967 g/mol. The van der Waals surface area contributed by atoms with Gasteiger partial charge in [-0.2, -0.15) is 0 Å². The van der Waals surface area contributed by atoms with Crippen molar-refractivity contribution in [3.05, 3.63) is 58.1 Å². The molecule has 0 saturated carbocycles. The lowest BCUT2D eigenvalue weighted by Gasteiger charge is -2.47. The molecule has 1 fully saturated rings. The lowest BCUT2D eigenvalue weighted by atomic mass is 9.75. The Morgan fingerprint density at radius 2 is 1.18 bits per heavy atom. The number of aliphatic hydroxyl groups is 8. The molecule has 0 aliphatic carbocycles. The monoisotopic (exact) mass is 966 g/mol. The summed E-state index contributed by atoms with van der Waals surface area (Å²) in [6.45, 7) is -1.09. The van der Waals surface area contributed by atoms with Gasteiger partial charge in [-0.25, -0.2) is 4.79 Å². The molecule has 4 aromatic rings. The second-order valence-corrected chi connectivity index (χ2v) is 16.0. The molecular formula is C41H42O27. The Bertz CT molecular complexity index is 2600. The number of rotatable bonds is 5. The van der Waals surface area contributed by atoms with E-state index in [0.29, 0.717) is 30.3 Å². The fourth-order valence-electron chi connectivity index (χ4n) is 8.69. The number of fused-ring (bicyclic) bond motifs is 3. The zero-order valence-corrected chi connectivity index (χ0v) is 34.1. The Labute approximate surface area is 378 Å². The first-order chi connectivity index (χ1) is 32.0. The van der Waals surface area contributed by atoms with Crippen LogP contribution in [-0.2, 0) is 28.4 Å². The Kier molecular flexibility index (Phi) is 12.6. The quantitative estimate of drug-likeness (QED) is 0.0606. The van der Waals surface area contributed by atoms with E-state index in [4.69, 9.17) is 33.2 Å². The van der Waals surface area contributed by atoms with Gasteiger partial charge in [0.15, 0.2) is 102 Å². The van der Waals surface area contributed by atoms with E-state index in [1.165, 1.54) is 0 Å². The normalized spacial score (nSPS) is 29.7. The summed E-state index contributed by atoms with van der Waals surface area (Å²) in [5, 5.41) is 207. The van der Waals surface area contributed by atoms with Crippen LogP contribution in [0.15, 0.2) is 30.3 Å². The zero-order chi connectivity index (χ0) is 49.5. The minimum Gasteiger partial charge on any atom is -0.504 e. The van der Waals surface area contributed by atoms with Gasteiger partial charge in [-0.15, -0.1) is 0 Å². The van der Waals surface area contributed by atoms with Gasteiger partial charge in [0.2, 0.25) is 23.5 Å². The first-order valence-electron chi connectivity index (χ1n) is 20.0. The maximum atomic E-state index is 14.7. The highest BCUT2D eigenvalue weighted by atomic mass is 16.8. The van der Waals surface area contributed by atoms with Crippen molar-refractivity contribution < 1.29 is 135 Å². The predicted molar refractivity (Wildman–Crippen MR) is 210 cm³/mol. The van der Waals surface area contributed by atoms with E-state index in [9.17, 15) is 102 Å². The molecule has 0 radical (unpaired) electrons. The third-order valence-corrected chi connectivity index (χ3v) is 11.9. The molecule has 1 saturated heterocycles. The summed E-state index contributed by atoms with van der Waals surface area (Å²) in [4.78, 5) is 14.7. The Hall–Kier alpha value is -6.57. The third kappa shape index (κ3) is 8.08. The van der Waals surface area contributed by atoms with E-state index in [-0.39, 0.29) is 0 Å². The van der Waals surface area contributed by atoms with Crippen molar-refractivity contribution in [2.45, 2.75) is 86.9 Å². The van der Waals surface area contributed by atoms with Crippen LogP contribution >= 0.6 is 0 Å². The lowest BCUT2D eigenvalue weighted by molar-refractivity contribution is -0.372. The second-order valence-electron chi connectivity index (χ2n) is 16.0. The first kappa shape index (κ1) is 47.9. The van der Waals surface area contributed by atoms with Crippen LogP contribution < -0.4 is 4.74 Å². The summed E-state index contributed by atoms with van der Waals surface area (Å²) >= 11 is 0. The number of hydrogen-bond donors (Lipinski definition) is 19. The number of carbonyl (C=O) groups excluding carboxylic acids is 1. The van der Waals surface area contributed by atoms with Gasteiger partial charge in [0, 0.05) is 51.6 Å². The molecule has 68 heavy (non-hydrogen) atoms. The Morgan fingerprint density at radius 1 is 0.588 bits per heavy atom. The van der Waals surface area contributed by atoms with E-state index in [1.54, 1.807) is 0 Å². The molecule has 0 spiro atoms. The molecule has 27 nitrogen and oxygen atoms in total. The van der Waals surface area contributed by atoms with E-state index >= 15 is 0 Å². The average Bonchev–Trinajstić information content (AvgIpc) is 3.28. The predicted octanol–water partition coefficient (Wildman–Crippen LogP) is -1.64. The Balaban J connectivity index is 1.38. The van der Waals surface area contributed by atoms with Gasteiger partial charge in [0.25, 0.3) is 0 Å². The fourth-order valence-corrected chi connectivity index (χ4v) is 8.69. The first-order valence-corrected chi connectivity index (χ1v) is 20.0. The van der Waals surface area contributed by atoms with Crippen LogP contribution in [-0.4, -0.2) is 165 Å². The summed E-state index contributed by atoms with van der Waals surface area (Å²) < 4.78 is 40.8. The largest absolute Gasteiger partial charge is 0.504 e. The number of hydrogen-bond acceptors (Lipinski definition) is 27. The number of esters is 1. The van der Waals surface area contributed by atoms with Gasteiger partial charge in [-0.3, -0.25) is 0 Å². The number of phenolic OH excluding ortho intramolecular Hbond substituents is 11. The van der Waals surface area contributed by atoms with Crippen LogP contribution in [0.2, 0.25) is 0 Å². The van der Waals surface area contributed by atoms with Crippen molar-refractivity contribution >= 4 is 5.97 Å². The fraction of sp³-hybridized carbons (Fsp3) is 0.390. The summed E-state index contributed by atoms with van der Waals surface area (Å²) in [6.07, 6.45) is -28.9. The molecule has 0 amide bonds. The van der Waals surface area contributed by atoms with Crippen molar-refractivity contribution in [1.29, 1.82) is 0 Å². The van der Waals surface area contributed by atoms with Crippen molar-refractivity contribution in [2.75, 3.05) is 6.61 Å². The maximum absolute atomic E-state index is 14.7. The molecule has 368 valence electrons. The smallest absolute Gasteiger partial charge is 0.339 e. The topological polar surface area (TPSA) is 466 Å². The standard InChI is InChI=1S/C41H42O27/c42-13-1-8(2-14(43)24(13)49)35(56)68-41-34-33-31(64-39(60)12(6-19(47)48)22-23-11(38(59)67-34)5-17(46)27(52)32(23)65-40(61)30(22)55)18(63-41)7-62-36(57)9-3-15(44)25(50)28(53)20(9)21-10(37(58)66-33)4-16(45)26(51)29(21)54/h1-5,12,18-19,22,30-31,33-36,38-57,59-61H,6-7H2/t12?,18?,22?,30?,31?,33-,34?,35?,36?,38?,39?,40?,41+/m0/s1. The van der Waals surface area contributed by atoms with Crippen LogP contribution in [0, 0.1) is 5.92 Å².